The van der Waals surface area contributed by atoms with Gasteiger partial charge in [-0.1, -0.05) is 17.3 Å². The molecule has 0 aliphatic rings. The molecule has 1 atom stereocenters. The van der Waals surface area contributed by atoms with Crippen molar-refractivity contribution in [2.75, 3.05) is 19.4 Å². The Kier molecular flexibility index (Phi) is 7.69. The number of thiophene rings is 1. The van der Waals surface area contributed by atoms with Crippen LogP contribution in [0.4, 0.5) is 0 Å². The van der Waals surface area contributed by atoms with E-state index in [4.69, 9.17) is 4.74 Å². The Bertz CT molecular complexity index is 1050. The third kappa shape index (κ3) is 5.45. The first-order chi connectivity index (χ1) is 14.9. The summed E-state index contributed by atoms with van der Waals surface area (Å²) in [4.78, 5) is 26.2. The Morgan fingerprint density at radius 1 is 1.35 bits per heavy atom. The number of carbonyl (C=O) groups is 2. The molecule has 3 rings (SSSR count). The maximum atomic E-state index is 12.8. The first-order valence-corrected chi connectivity index (χ1v) is 11.7. The molecule has 1 amide bonds. The first kappa shape index (κ1) is 22.8. The molecule has 2 heterocycles. The second-order valence-electron chi connectivity index (χ2n) is 6.72. The van der Waals surface area contributed by atoms with Gasteiger partial charge >= 0.3 is 5.97 Å². The minimum atomic E-state index is -0.994. The summed E-state index contributed by atoms with van der Waals surface area (Å²) in [5.41, 5.74) is 2.19. The Morgan fingerprint density at radius 2 is 2.16 bits per heavy atom. The molecule has 0 saturated heterocycles. The second kappa shape index (κ2) is 10.5. The van der Waals surface area contributed by atoms with Crippen molar-refractivity contribution in [2.24, 2.45) is 0 Å². The van der Waals surface area contributed by atoms with Crippen LogP contribution in [0.1, 0.15) is 40.8 Å². The topological polar surface area (TPSA) is 97.6 Å². The number of benzene rings is 1. The van der Waals surface area contributed by atoms with Crippen LogP contribution in [0.5, 0.6) is 5.75 Å². The number of methoxy groups -OCH3 is 1. The Balaban J connectivity index is 1.58. The van der Waals surface area contributed by atoms with Crippen molar-refractivity contribution in [3.05, 3.63) is 58.0 Å². The summed E-state index contributed by atoms with van der Waals surface area (Å²) in [7, 11) is 1.63. The van der Waals surface area contributed by atoms with Crippen LogP contribution in [0.2, 0.25) is 0 Å². The van der Waals surface area contributed by atoms with E-state index in [1.54, 1.807) is 24.8 Å². The Hall–Kier alpha value is -2.85. The fourth-order valence-electron chi connectivity index (χ4n) is 3.20. The number of hydrogen-bond donors (Lipinski definition) is 1. The molecule has 164 valence electrons. The van der Waals surface area contributed by atoms with Crippen molar-refractivity contribution in [2.45, 2.75) is 25.6 Å². The van der Waals surface area contributed by atoms with E-state index in [2.05, 4.69) is 10.3 Å². The number of aromatic carboxylic acids is 1. The van der Waals surface area contributed by atoms with Crippen LogP contribution in [0.15, 0.2) is 41.9 Å². The summed E-state index contributed by atoms with van der Waals surface area (Å²) in [6.45, 7) is 4.57. The minimum Gasteiger partial charge on any atom is -0.497 e. The van der Waals surface area contributed by atoms with Gasteiger partial charge in [-0.25, -0.2) is 9.48 Å². The number of thioether (sulfide) groups is 1. The number of ether oxygens (including phenoxy) is 1. The van der Waals surface area contributed by atoms with Crippen molar-refractivity contribution in [3.63, 3.8) is 0 Å². The van der Waals surface area contributed by atoms with Gasteiger partial charge in [0.15, 0.2) is 0 Å². The maximum absolute atomic E-state index is 12.8. The normalized spacial score (nSPS) is 11.8. The number of aromatic nitrogens is 3. The third-order valence-electron chi connectivity index (χ3n) is 4.81. The van der Waals surface area contributed by atoms with E-state index < -0.39 is 5.97 Å². The lowest BCUT2D eigenvalue weighted by atomic mass is 10.1. The predicted octanol–water partition coefficient (Wildman–Crippen LogP) is 3.88. The number of carboxylic acids is 1. The average Bonchev–Trinajstić information content (AvgIpc) is 3.43. The van der Waals surface area contributed by atoms with Crippen molar-refractivity contribution in [1.82, 2.24) is 19.9 Å². The third-order valence-corrected chi connectivity index (χ3v) is 6.65. The maximum Gasteiger partial charge on any atom is 0.348 e. The lowest BCUT2D eigenvalue weighted by Crippen LogP contribution is -2.34. The molecule has 1 unspecified atom stereocenters. The molecule has 0 radical (unpaired) electrons. The van der Waals surface area contributed by atoms with Crippen LogP contribution < -0.4 is 4.74 Å². The Morgan fingerprint density at radius 3 is 2.87 bits per heavy atom. The number of amides is 1. The SMILES string of the molecule is CCN(C(=O)CSCc1cn(-c2ccsc2C(=O)O)nn1)C(C)c1cccc(OC)c1. The van der Waals surface area contributed by atoms with Crippen molar-refractivity contribution >= 4 is 35.0 Å². The fourth-order valence-corrected chi connectivity index (χ4v) is 4.70. The van der Waals surface area contributed by atoms with E-state index in [9.17, 15) is 14.7 Å². The van der Waals surface area contributed by atoms with Gasteiger partial charge in [-0.3, -0.25) is 4.79 Å². The van der Waals surface area contributed by atoms with Crippen LogP contribution in [0.3, 0.4) is 0 Å². The molecule has 0 saturated carbocycles. The molecule has 3 aromatic rings. The average molecular weight is 461 g/mol. The van der Waals surface area contributed by atoms with E-state index in [0.717, 1.165) is 22.6 Å². The summed E-state index contributed by atoms with van der Waals surface area (Å²) in [6, 6.07) is 9.37. The zero-order valence-corrected chi connectivity index (χ0v) is 19.2. The van der Waals surface area contributed by atoms with E-state index in [-0.39, 0.29) is 16.8 Å². The van der Waals surface area contributed by atoms with E-state index in [1.807, 2.05) is 43.0 Å². The molecule has 2 aromatic heterocycles. The van der Waals surface area contributed by atoms with E-state index >= 15 is 0 Å². The zero-order chi connectivity index (χ0) is 22.4. The standard InChI is InChI=1S/C21H24N4O4S2/c1-4-24(14(2)15-6-5-7-17(10-15)29-3)19(26)13-30-12-16-11-25(23-22-16)18-8-9-31-20(18)21(27)28/h5-11,14H,4,12-13H2,1-3H3,(H,27,28). The van der Waals surface area contributed by atoms with E-state index in [0.29, 0.717) is 29.4 Å². The summed E-state index contributed by atoms with van der Waals surface area (Å²) < 4.78 is 6.75. The van der Waals surface area contributed by atoms with Gasteiger partial charge in [0.05, 0.1) is 36.5 Å². The highest BCUT2D eigenvalue weighted by molar-refractivity contribution is 7.99. The fraction of sp³-hybridized carbons (Fsp3) is 0.333. The molecule has 0 aliphatic heterocycles. The van der Waals surface area contributed by atoms with Crippen LogP contribution in [0, 0.1) is 0 Å². The minimum absolute atomic E-state index is 0.0428. The summed E-state index contributed by atoms with van der Waals surface area (Å²) >= 11 is 2.59. The highest BCUT2D eigenvalue weighted by atomic mass is 32.2. The monoisotopic (exact) mass is 460 g/mol. The summed E-state index contributed by atoms with van der Waals surface area (Å²) in [6.07, 6.45) is 1.70. The highest BCUT2D eigenvalue weighted by Gasteiger charge is 2.21. The first-order valence-electron chi connectivity index (χ1n) is 9.68. The van der Waals surface area contributed by atoms with Crippen LogP contribution in [-0.2, 0) is 10.5 Å². The molecular weight excluding hydrogens is 436 g/mol. The van der Waals surface area contributed by atoms with Gasteiger partial charge in [0.2, 0.25) is 5.91 Å². The molecule has 31 heavy (non-hydrogen) atoms. The molecule has 1 N–H and O–H groups in total. The molecule has 0 aliphatic carbocycles. The molecular formula is C21H24N4O4S2. The number of carbonyl (C=O) groups excluding carboxylic acids is 1. The van der Waals surface area contributed by atoms with Gasteiger partial charge in [-0.05, 0) is 43.0 Å². The predicted molar refractivity (Wildman–Crippen MR) is 121 cm³/mol. The number of carboxylic acid groups (broad SMARTS) is 1. The van der Waals surface area contributed by atoms with Crippen LogP contribution >= 0.6 is 23.1 Å². The van der Waals surface area contributed by atoms with Gasteiger partial charge in [0, 0.05) is 12.3 Å². The van der Waals surface area contributed by atoms with E-state index in [1.165, 1.54) is 16.4 Å². The van der Waals surface area contributed by atoms with Crippen LogP contribution in [-0.4, -0.2) is 56.3 Å². The van der Waals surface area contributed by atoms with Crippen LogP contribution in [0.25, 0.3) is 5.69 Å². The van der Waals surface area contributed by atoms with Crippen molar-refractivity contribution in [1.29, 1.82) is 0 Å². The van der Waals surface area contributed by atoms with Crippen molar-refractivity contribution < 1.29 is 19.4 Å². The number of nitrogens with zero attached hydrogens (tertiary/aromatic N) is 4. The van der Waals surface area contributed by atoms with Gasteiger partial charge in [-0.15, -0.1) is 28.2 Å². The van der Waals surface area contributed by atoms with Crippen molar-refractivity contribution in [3.8, 4) is 11.4 Å². The van der Waals surface area contributed by atoms with Gasteiger partial charge in [0.1, 0.15) is 10.6 Å². The zero-order valence-electron chi connectivity index (χ0n) is 17.5. The van der Waals surface area contributed by atoms with Gasteiger partial charge in [-0.2, -0.15) is 0 Å². The molecule has 0 fully saturated rings. The summed E-state index contributed by atoms with van der Waals surface area (Å²) in [5.74, 6) is 0.632. The molecule has 1 aromatic carbocycles. The number of hydrogen-bond acceptors (Lipinski definition) is 7. The summed E-state index contributed by atoms with van der Waals surface area (Å²) in [5, 5.41) is 19.1. The number of rotatable bonds is 10. The second-order valence-corrected chi connectivity index (χ2v) is 8.62. The quantitative estimate of drug-likeness (QED) is 0.490. The Labute approximate surface area is 188 Å². The molecule has 8 nitrogen and oxygen atoms in total. The lowest BCUT2D eigenvalue weighted by molar-refractivity contribution is -0.130. The van der Waals surface area contributed by atoms with Gasteiger partial charge < -0.3 is 14.7 Å². The smallest absolute Gasteiger partial charge is 0.348 e. The molecule has 10 heteroatoms. The largest absolute Gasteiger partial charge is 0.497 e. The molecule has 0 bridgehead atoms. The molecule has 0 spiro atoms. The van der Waals surface area contributed by atoms with Gasteiger partial charge in [0.25, 0.3) is 0 Å². The highest BCUT2D eigenvalue weighted by Crippen LogP contribution is 2.25. The lowest BCUT2D eigenvalue weighted by Gasteiger charge is -2.28.